The van der Waals surface area contributed by atoms with E-state index in [4.69, 9.17) is 18.9 Å². The van der Waals surface area contributed by atoms with Gasteiger partial charge in [-0.3, -0.25) is 14.4 Å². The Bertz CT molecular complexity index is 378. The van der Waals surface area contributed by atoms with Crippen molar-refractivity contribution in [3.8, 4) is 0 Å². The van der Waals surface area contributed by atoms with Crippen LogP contribution in [-0.2, 0) is 38.1 Å². The van der Waals surface area contributed by atoms with Crippen molar-refractivity contribution in [3.05, 3.63) is 0 Å². The average molecular weight is 288 g/mol. The SMILES string of the molecule is CC(=O)OC1CC(C=O)OC(OC(C)=O)C1OC(C)=O. The normalized spacial score (nSPS) is 29.1. The van der Waals surface area contributed by atoms with Crippen LogP contribution in [-0.4, -0.2) is 48.8 Å². The van der Waals surface area contributed by atoms with Gasteiger partial charge in [0, 0.05) is 27.2 Å². The molecule has 20 heavy (non-hydrogen) atoms. The Morgan fingerprint density at radius 3 is 2.00 bits per heavy atom. The van der Waals surface area contributed by atoms with Crippen molar-refractivity contribution in [2.45, 2.75) is 51.8 Å². The molecule has 0 aromatic heterocycles. The lowest BCUT2D eigenvalue weighted by molar-refractivity contribution is -0.261. The summed E-state index contributed by atoms with van der Waals surface area (Å²) < 4.78 is 20.0. The monoisotopic (exact) mass is 288 g/mol. The molecular weight excluding hydrogens is 272 g/mol. The minimum Gasteiger partial charge on any atom is -0.458 e. The molecule has 0 N–H and O–H groups in total. The fraction of sp³-hybridized carbons (Fsp3) is 0.667. The molecule has 112 valence electrons. The highest BCUT2D eigenvalue weighted by Crippen LogP contribution is 2.26. The quantitative estimate of drug-likeness (QED) is 0.395. The molecule has 1 fully saturated rings. The van der Waals surface area contributed by atoms with Gasteiger partial charge in [0.25, 0.3) is 0 Å². The molecule has 1 saturated heterocycles. The number of hydrogen-bond acceptors (Lipinski definition) is 8. The molecule has 4 atom stereocenters. The van der Waals surface area contributed by atoms with E-state index >= 15 is 0 Å². The van der Waals surface area contributed by atoms with Gasteiger partial charge in [0.15, 0.2) is 0 Å². The van der Waals surface area contributed by atoms with Crippen LogP contribution < -0.4 is 0 Å². The molecular formula is C12H16O8. The van der Waals surface area contributed by atoms with Gasteiger partial charge in [-0.05, 0) is 0 Å². The van der Waals surface area contributed by atoms with Crippen LogP contribution in [0.15, 0.2) is 0 Å². The first-order valence-corrected chi connectivity index (χ1v) is 5.96. The van der Waals surface area contributed by atoms with Crippen LogP contribution in [0.3, 0.4) is 0 Å². The topological polar surface area (TPSA) is 105 Å². The van der Waals surface area contributed by atoms with Gasteiger partial charge < -0.3 is 23.7 Å². The lowest BCUT2D eigenvalue weighted by Crippen LogP contribution is -2.53. The second-order valence-electron chi connectivity index (χ2n) is 4.25. The smallest absolute Gasteiger partial charge is 0.305 e. The first-order chi connectivity index (χ1) is 9.33. The molecule has 1 aliphatic rings. The minimum absolute atomic E-state index is 0.0127. The Hall–Kier alpha value is -1.96. The van der Waals surface area contributed by atoms with Gasteiger partial charge in [0.1, 0.15) is 18.5 Å². The molecule has 0 aromatic rings. The number of carbonyl (C=O) groups is 4. The third kappa shape index (κ3) is 4.61. The Balaban J connectivity index is 2.95. The van der Waals surface area contributed by atoms with Gasteiger partial charge in [-0.2, -0.15) is 0 Å². The molecule has 1 heterocycles. The van der Waals surface area contributed by atoms with E-state index in [2.05, 4.69) is 0 Å². The largest absolute Gasteiger partial charge is 0.458 e. The van der Waals surface area contributed by atoms with E-state index in [9.17, 15) is 19.2 Å². The van der Waals surface area contributed by atoms with Gasteiger partial charge >= 0.3 is 17.9 Å². The number of hydrogen-bond donors (Lipinski definition) is 0. The van der Waals surface area contributed by atoms with Crippen molar-refractivity contribution >= 4 is 24.2 Å². The highest BCUT2D eigenvalue weighted by molar-refractivity contribution is 5.68. The zero-order valence-corrected chi connectivity index (χ0v) is 11.4. The molecule has 0 bridgehead atoms. The zero-order valence-electron chi connectivity index (χ0n) is 11.4. The van der Waals surface area contributed by atoms with Crippen molar-refractivity contribution < 1.29 is 38.1 Å². The molecule has 0 spiro atoms. The van der Waals surface area contributed by atoms with Crippen LogP contribution in [0.4, 0.5) is 0 Å². The van der Waals surface area contributed by atoms with Crippen molar-refractivity contribution in [3.63, 3.8) is 0 Å². The van der Waals surface area contributed by atoms with Crippen molar-refractivity contribution in [1.82, 2.24) is 0 Å². The van der Waals surface area contributed by atoms with E-state index < -0.39 is 42.5 Å². The predicted molar refractivity (Wildman–Crippen MR) is 62.2 cm³/mol. The Morgan fingerprint density at radius 2 is 1.55 bits per heavy atom. The number of carbonyl (C=O) groups excluding carboxylic acids is 4. The lowest BCUT2D eigenvalue weighted by Gasteiger charge is -2.37. The standard InChI is InChI=1S/C12H16O8/c1-6(14)17-10-4-9(5-13)20-12(19-8(3)16)11(10)18-7(2)15/h5,9-12H,4H2,1-3H3. The van der Waals surface area contributed by atoms with Gasteiger partial charge in [0.2, 0.25) is 12.4 Å². The number of esters is 3. The van der Waals surface area contributed by atoms with Crippen LogP contribution in [0.5, 0.6) is 0 Å². The second kappa shape index (κ2) is 6.99. The molecule has 0 aliphatic carbocycles. The molecule has 8 heteroatoms. The molecule has 1 rings (SSSR count). The maximum Gasteiger partial charge on any atom is 0.305 e. The molecule has 8 nitrogen and oxygen atoms in total. The molecule has 0 radical (unpaired) electrons. The highest BCUT2D eigenvalue weighted by Gasteiger charge is 2.44. The summed E-state index contributed by atoms with van der Waals surface area (Å²) in [5, 5.41) is 0. The van der Waals surface area contributed by atoms with Gasteiger partial charge in [-0.15, -0.1) is 0 Å². The Morgan fingerprint density at radius 1 is 1.00 bits per heavy atom. The summed E-state index contributed by atoms with van der Waals surface area (Å²) in [4.78, 5) is 44.0. The van der Waals surface area contributed by atoms with Crippen LogP contribution in [0.2, 0.25) is 0 Å². The Kier molecular flexibility index (Phi) is 5.63. The van der Waals surface area contributed by atoms with Crippen molar-refractivity contribution in [2.24, 2.45) is 0 Å². The van der Waals surface area contributed by atoms with Crippen LogP contribution in [0.1, 0.15) is 27.2 Å². The van der Waals surface area contributed by atoms with Gasteiger partial charge in [-0.25, -0.2) is 0 Å². The second-order valence-corrected chi connectivity index (χ2v) is 4.25. The number of rotatable bonds is 4. The summed E-state index contributed by atoms with van der Waals surface area (Å²) >= 11 is 0. The summed E-state index contributed by atoms with van der Waals surface area (Å²) in [5.74, 6) is -1.95. The summed E-state index contributed by atoms with van der Waals surface area (Å²) in [7, 11) is 0. The molecule has 0 amide bonds. The van der Waals surface area contributed by atoms with Crippen LogP contribution >= 0.6 is 0 Å². The maximum absolute atomic E-state index is 11.1. The number of aldehydes is 1. The third-order valence-electron chi connectivity index (χ3n) is 2.46. The minimum atomic E-state index is -1.30. The van der Waals surface area contributed by atoms with E-state index in [0.29, 0.717) is 6.29 Å². The molecule has 4 unspecified atom stereocenters. The zero-order chi connectivity index (χ0) is 15.3. The van der Waals surface area contributed by atoms with Gasteiger partial charge in [-0.1, -0.05) is 0 Å². The molecule has 1 aliphatic heterocycles. The van der Waals surface area contributed by atoms with E-state index in [1.807, 2.05) is 0 Å². The van der Waals surface area contributed by atoms with Gasteiger partial charge in [0.05, 0.1) is 0 Å². The fourth-order valence-corrected chi connectivity index (χ4v) is 1.84. The predicted octanol–water partition coefficient (Wildman–Crippen LogP) is -0.273. The summed E-state index contributed by atoms with van der Waals surface area (Å²) in [6.07, 6.45) is -3.75. The van der Waals surface area contributed by atoms with Crippen LogP contribution in [0, 0.1) is 0 Å². The van der Waals surface area contributed by atoms with Crippen molar-refractivity contribution in [2.75, 3.05) is 0 Å². The Labute approximate surface area is 115 Å². The number of ether oxygens (including phenoxy) is 4. The first-order valence-electron chi connectivity index (χ1n) is 5.96. The van der Waals surface area contributed by atoms with E-state index in [0.717, 1.165) is 13.8 Å². The van der Waals surface area contributed by atoms with Crippen molar-refractivity contribution in [1.29, 1.82) is 0 Å². The van der Waals surface area contributed by atoms with E-state index in [1.165, 1.54) is 6.92 Å². The fourth-order valence-electron chi connectivity index (χ4n) is 1.84. The van der Waals surface area contributed by atoms with E-state index in [-0.39, 0.29) is 6.42 Å². The summed E-state index contributed by atoms with van der Waals surface area (Å²) in [5.41, 5.74) is 0. The maximum atomic E-state index is 11.1. The first kappa shape index (κ1) is 16.1. The van der Waals surface area contributed by atoms with E-state index in [1.54, 1.807) is 0 Å². The lowest BCUT2D eigenvalue weighted by atomic mass is 10.0. The summed E-state index contributed by atoms with van der Waals surface area (Å²) in [6, 6.07) is 0. The summed E-state index contributed by atoms with van der Waals surface area (Å²) in [6.45, 7) is 3.47. The average Bonchev–Trinajstić information content (AvgIpc) is 2.30. The molecule has 0 aromatic carbocycles. The highest BCUT2D eigenvalue weighted by atomic mass is 16.7. The third-order valence-corrected chi connectivity index (χ3v) is 2.46. The molecule has 0 saturated carbocycles. The van der Waals surface area contributed by atoms with Crippen LogP contribution in [0.25, 0.3) is 0 Å².